The Bertz CT molecular complexity index is 2580. The van der Waals surface area contributed by atoms with Crippen molar-refractivity contribution in [1.82, 2.24) is 40.4 Å². The van der Waals surface area contributed by atoms with E-state index in [0.29, 0.717) is 75.7 Å². The van der Waals surface area contributed by atoms with E-state index in [2.05, 4.69) is 40.8 Å². The van der Waals surface area contributed by atoms with Gasteiger partial charge in [-0.3, -0.25) is 39.1 Å². The Kier molecular flexibility index (Phi) is 10.9. The molecular formula is C42H39ClF2N12O5. The van der Waals surface area contributed by atoms with Crippen molar-refractivity contribution in [3.63, 3.8) is 0 Å². The van der Waals surface area contributed by atoms with Gasteiger partial charge in [0, 0.05) is 56.8 Å². The third-order valence-electron chi connectivity index (χ3n) is 12.3. The number of halogens is 3. The highest BCUT2D eigenvalue weighted by Gasteiger charge is 2.45. The smallest absolute Gasteiger partial charge is 0.262 e. The number of fused-ring (bicyclic) bond motifs is 2. The van der Waals surface area contributed by atoms with Crippen LogP contribution in [0.3, 0.4) is 0 Å². The van der Waals surface area contributed by atoms with Gasteiger partial charge in [0.15, 0.2) is 0 Å². The maximum atomic E-state index is 15.5. The van der Waals surface area contributed by atoms with E-state index in [-0.39, 0.29) is 58.3 Å². The minimum absolute atomic E-state index is 0.00918. The molecule has 5 amide bonds. The van der Waals surface area contributed by atoms with E-state index >= 15 is 8.78 Å². The molecule has 0 spiro atoms. The largest absolute Gasteiger partial charge is 0.367 e. The number of piperazine rings is 1. The van der Waals surface area contributed by atoms with Gasteiger partial charge in [-0.1, -0.05) is 11.6 Å². The highest BCUT2D eigenvalue weighted by atomic mass is 35.5. The van der Waals surface area contributed by atoms with Crippen LogP contribution in [-0.2, 0) is 22.6 Å². The zero-order chi connectivity index (χ0) is 43.2. The van der Waals surface area contributed by atoms with Crippen LogP contribution in [0.15, 0.2) is 42.7 Å². The Labute approximate surface area is 358 Å². The lowest BCUT2D eigenvalue weighted by molar-refractivity contribution is -0.136. The van der Waals surface area contributed by atoms with E-state index in [1.807, 2.05) is 15.9 Å². The Morgan fingerprint density at radius 2 is 1.63 bits per heavy atom. The molecule has 1 unspecified atom stereocenters. The summed E-state index contributed by atoms with van der Waals surface area (Å²) in [7, 11) is 0. The van der Waals surface area contributed by atoms with Crippen molar-refractivity contribution in [1.29, 1.82) is 5.26 Å². The van der Waals surface area contributed by atoms with E-state index in [1.54, 1.807) is 12.1 Å². The highest BCUT2D eigenvalue weighted by molar-refractivity contribution is 6.30. The van der Waals surface area contributed by atoms with E-state index in [4.69, 9.17) is 11.6 Å². The Morgan fingerprint density at radius 3 is 2.34 bits per heavy atom. The fourth-order valence-electron chi connectivity index (χ4n) is 9.03. The lowest BCUT2D eigenvalue weighted by Crippen LogP contribution is -2.54. The number of aromatic nitrogens is 4. The number of carbonyl (C=O) groups is 5. The first kappa shape index (κ1) is 40.7. The second-order valence-corrected chi connectivity index (χ2v) is 16.3. The van der Waals surface area contributed by atoms with Gasteiger partial charge >= 0.3 is 0 Å². The zero-order valence-corrected chi connectivity index (χ0v) is 33.9. The number of hydrogen-bond donors (Lipinski definition) is 3. The van der Waals surface area contributed by atoms with Crippen LogP contribution < -0.4 is 25.8 Å². The number of anilines is 4. The first-order chi connectivity index (χ1) is 29.9. The molecule has 9 rings (SSSR count). The van der Waals surface area contributed by atoms with E-state index in [1.165, 1.54) is 24.5 Å². The molecule has 1 saturated carbocycles. The molecule has 0 radical (unpaired) electrons. The Hall–Kier alpha value is -6.65. The molecule has 3 aromatic heterocycles. The molecule has 1 aliphatic carbocycles. The summed E-state index contributed by atoms with van der Waals surface area (Å²) in [4.78, 5) is 87.9. The average molecular weight is 865 g/mol. The molecule has 4 aromatic rings. The fraction of sp³-hybridized carbons (Fsp3) is 0.381. The number of rotatable bonds is 8. The van der Waals surface area contributed by atoms with Crippen molar-refractivity contribution in [2.75, 3.05) is 47.8 Å². The second kappa shape index (κ2) is 16.7. The van der Waals surface area contributed by atoms with Crippen LogP contribution in [0.1, 0.15) is 86.4 Å². The van der Waals surface area contributed by atoms with Gasteiger partial charge in [-0.05, 0) is 74.9 Å². The summed E-state index contributed by atoms with van der Waals surface area (Å²) in [6.07, 6.45) is 4.94. The Morgan fingerprint density at radius 1 is 0.871 bits per heavy atom. The summed E-state index contributed by atoms with van der Waals surface area (Å²) in [5.41, 5.74) is 1.84. The highest BCUT2D eigenvalue weighted by Crippen LogP contribution is 2.34. The predicted molar refractivity (Wildman–Crippen MR) is 219 cm³/mol. The van der Waals surface area contributed by atoms with Gasteiger partial charge < -0.3 is 20.4 Å². The van der Waals surface area contributed by atoms with Crippen LogP contribution in [0.2, 0.25) is 5.15 Å². The third kappa shape index (κ3) is 7.75. The molecule has 5 aliphatic rings. The number of carbonyl (C=O) groups excluding carboxylic acids is 5. The topological polar surface area (TPSA) is 210 Å². The van der Waals surface area contributed by atoms with E-state index < -0.39 is 47.3 Å². The first-order valence-corrected chi connectivity index (χ1v) is 20.8. The van der Waals surface area contributed by atoms with Gasteiger partial charge in [0.25, 0.3) is 17.7 Å². The monoisotopic (exact) mass is 864 g/mol. The molecule has 17 nitrogen and oxygen atoms in total. The zero-order valence-electron chi connectivity index (χ0n) is 33.2. The number of nitriles is 1. The number of amides is 5. The molecule has 1 aromatic carbocycles. The molecule has 62 heavy (non-hydrogen) atoms. The molecule has 2 saturated heterocycles. The minimum Gasteiger partial charge on any atom is -0.367 e. The summed E-state index contributed by atoms with van der Waals surface area (Å²) in [5, 5.41) is 17.5. The van der Waals surface area contributed by atoms with E-state index in [9.17, 15) is 29.2 Å². The van der Waals surface area contributed by atoms with Gasteiger partial charge in [-0.15, -0.1) is 0 Å². The molecule has 0 bridgehead atoms. The molecule has 3 N–H and O–H groups in total. The first-order valence-electron chi connectivity index (χ1n) is 20.4. The molecule has 4 aliphatic heterocycles. The minimum atomic E-state index is -1.13. The number of piperidine rings is 1. The summed E-state index contributed by atoms with van der Waals surface area (Å²) in [6, 6.07) is 9.69. The third-order valence-corrected chi connectivity index (χ3v) is 12.6. The summed E-state index contributed by atoms with van der Waals surface area (Å²) in [6.45, 7) is 3.22. The second-order valence-electron chi connectivity index (χ2n) is 15.9. The summed E-state index contributed by atoms with van der Waals surface area (Å²) < 4.78 is 30.8. The summed E-state index contributed by atoms with van der Waals surface area (Å²) >= 11 is 6.15. The van der Waals surface area contributed by atoms with Crippen molar-refractivity contribution in [2.45, 2.75) is 69.6 Å². The van der Waals surface area contributed by atoms with Crippen LogP contribution in [0, 0.1) is 23.1 Å². The predicted octanol–water partition coefficient (Wildman–Crippen LogP) is 3.64. The van der Waals surface area contributed by atoms with Crippen molar-refractivity contribution in [2.24, 2.45) is 0 Å². The van der Waals surface area contributed by atoms with Crippen LogP contribution in [0.4, 0.5) is 31.9 Å². The Balaban J connectivity index is 0.757. The van der Waals surface area contributed by atoms with Gasteiger partial charge in [0.2, 0.25) is 17.8 Å². The maximum Gasteiger partial charge on any atom is 0.262 e. The van der Waals surface area contributed by atoms with Gasteiger partial charge in [0.1, 0.15) is 46.9 Å². The summed E-state index contributed by atoms with van der Waals surface area (Å²) in [5.74, 6) is -3.47. The number of nitrogens with zero attached hydrogens (tertiary/aromatic N) is 9. The SMILES string of the molecule is N#Cc1ccc(N2CCc3c(ncnc3Nc3ccc(C(=O)NC4CCC(N5CCN(c6cc7c(cc6F)C(=O)N(C6CCC(=O)NC6=O)C7=O)CC5)CC4)c(F)n3)C2)nc1Cl. The number of pyridine rings is 2. The van der Waals surface area contributed by atoms with Crippen molar-refractivity contribution in [3.05, 3.63) is 93.2 Å². The lowest BCUT2D eigenvalue weighted by Gasteiger charge is -2.42. The molecule has 7 heterocycles. The van der Waals surface area contributed by atoms with Crippen LogP contribution in [0.5, 0.6) is 0 Å². The van der Waals surface area contributed by atoms with Crippen molar-refractivity contribution >= 4 is 64.3 Å². The van der Waals surface area contributed by atoms with Crippen molar-refractivity contribution in [3.8, 4) is 6.07 Å². The van der Waals surface area contributed by atoms with Crippen molar-refractivity contribution < 1.29 is 32.8 Å². The number of nitrogens with one attached hydrogen (secondary N) is 3. The van der Waals surface area contributed by atoms with E-state index in [0.717, 1.165) is 35.1 Å². The molecule has 20 heteroatoms. The number of benzene rings is 1. The van der Waals surface area contributed by atoms with Gasteiger partial charge in [-0.25, -0.2) is 24.3 Å². The molecular weight excluding hydrogens is 826 g/mol. The molecule has 1 atom stereocenters. The van der Waals surface area contributed by atoms with Crippen LogP contribution in [-0.4, -0.2) is 110 Å². The normalized spacial score (nSPS) is 21.6. The number of imide groups is 2. The molecule has 3 fully saturated rings. The number of hydrogen-bond acceptors (Lipinski definition) is 14. The van der Waals surface area contributed by atoms with Crippen LogP contribution >= 0.6 is 11.6 Å². The fourth-order valence-corrected chi connectivity index (χ4v) is 9.23. The standard InChI is InChI=1S/C42H39ClF2N12O5/c43-36-22(19-46)1-9-34(52-36)56-12-11-25-30(20-56)47-21-48-38(25)51-33-8-6-26(37(45)50-33)39(59)49-23-2-4-24(5-3-23)54-13-15-55(16-14-54)32-18-28-27(17-29(32)44)41(61)57(42(28)62)31-7-10-35(58)53-40(31)60/h1,6,8-9,17-18,21,23-24,31H,2-5,7,10-16,20H2,(H,49,59)(H,53,58,60)(H,47,48,50,51). The van der Waals surface area contributed by atoms with Gasteiger partial charge in [0.05, 0.1) is 40.2 Å². The van der Waals surface area contributed by atoms with Gasteiger partial charge in [-0.2, -0.15) is 9.65 Å². The molecule has 318 valence electrons. The van der Waals surface area contributed by atoms with Crippen LogP contribution in [0.25, 0.3) is 0 Å². The quantitative estimate of drug-likeness (QED) is 0.171. The lowest BCUT2D eigenvalue weighted by atomic mass is 9.89. The maximum absolute atomic E-state index is 15.5. The average Bonchev–Trinajstić information content (AvgIpc) is 3.50.